The molecule has 1 N–H and O–H groups in total. The Hall–Kier alpha value is -2.14. The van der Waals surface area contributed by atoms with E-state index in [1.54, 1.807) is 7.11 Å². The van der Waals surface area contributed by atoms with E-state index in [0.717, 1.165) is 79.5 Å². The van der Waals surface area contributed by atoms with E-state index >= 15 is 0 Å². The predicted molar refractivity (Wildman–Crippen MR) is 124 cm³/mol. The zero-order valence-electron chi connectivity index (χ0n) is 19.3. The number of hydrogen-bond donors (Lipinski definition) is 1. The van der Waals surface area contributed by atoms with Crippen molar-refractivity contribution in [3.8, 4) is 17.0 Å². The van der Waals surface area contributed by atoms with Gasteiger partial charge in [0.2, 0.25) is 0 Å². The summed E-state index contributed by atoms with van der Waals surface area (Å²) in [7, 11) is 1.75. The lowest BCUT2D eigenvalue weighted by atomic mass is 9.89. The number of fused-ring (bicyclic) bond motifs is 1. The van der Waals surface area contributed by atoms with Crippen molar-refractivity contribution in [1.82, 2.24) is 9.97 Å². The van der Waals surface area contributed by atoms with Crippen LogP contribution in [0.2, 0.25) is 0 Å². The van der Waals surface area contributed by atoms with Crippen LogP contribution in [-0.2, 0) is 30.4 Å². The van der Waals surface area contributed by atoms with Crippen LogP contribution in [0, 0.1) is 0 Å². The van der Waals surface area contributed by atoms with Crippen LogP contribution in [0.25, 0.3) is 11.3 Å². The number of ether oxygens (including phenoxy) is 2. The number of aromatic nitrogens is 2. The van der Waals surface area contributed by atoms with Crippen LogP contribution in [0.1, 0.15) is 69.5 Å². The maximum atomic E-state index is 5.79. The summed E-state index contributed by atoms with van der Waals surface area (Å²) in [6, 6.07) is 4.52. The molecular formula is C25H37N3O2. The van der Waals surface area contributed by atoms with Gasteiger partial charge in [-0.1, -0.05) is 13.8 Å². The highest BCUT2D eigenvalue weighted by molar-refractivity contribution is 5.72. The van der Waals surface area contributed by atoms with Gasteiger partial charge in [0.15, 0.2) is 0 Å². The normalized spacial score (nSPS) is 14.3. The first-order valence-corrected chi connectivity index (χ1v) is 11.6. The first kappa shape index (κ1) is 22.5. The van der Waals surface area contributed by atoms with E-state index < -0.39 is 0 Å². The predicted octanol–water partition coefficient (Wildman–Crippen LogP) is 5.38. The molecule has 0 saturated heterocycles. The van der Waals surface area contributed by atoms with Gasteiger partial charge in [0.05, 0.1) is 30.3 Å². The monoisotopic (exact) mass is 411 g/mol. The Labute approximate surface area is 181 Å². The molecule has 1 unspecified atom stereocenters. The van der Waals surface area contributed by atoms with Gasteiger partial charge in [0.25, 0.3) is 0 Å². The lowest BCUT2D eigenvalue weighted by Crippen LogP contribution is -2.16. The third-order valence-electron chi connectivity index (χ3n) is 5.92. The van der Waals surface area contributed by atoms with E-state index in [0.29, 0.717) is 0 Å². The van der Waals surface area contributed by atoms with E-state index in [1.807, 2.05) is 6.92 Å². The maximum Gasteiger partial charge on any atom is 0.148 e. The molecule has 164 valence electrons. The lowest BCUT2D eigenvalue weighted by molar-refractivity contribution is 0.0728. The zero-order valence-corrected chi connectivity index (χ0v) is 19.3. The van der Waals surface area contributed by atoms with Crippen LogP contribution in [0.5, 0.6) is 5.75 Å². The molecule has 1 aromatic carbocycles. The minimum atomic E-state index is 0.241. The van der Waals surface area contributed by atoms with Gasteiger partial charge in [-0.15, -0.1) is 0 Å². The maximum absolute atomic E-state index is 5.79. The van der Waals surface area contributed by atoms with Gasteiger partial charge < -0.3 is 14.8 Å². The van der Waals surface area contributed by atoms with Gasteiger partial charge in [0.1, 0.15) is 11.6 Å². The van der Waals surface area contributed by atoms with Gasteiger partial charge in [-0.05, 0) is 82.1 Å². The van der Waals surface area contributed by atoms with Crippen molar-refractivity contribution >= 4 is 5.82 Å². The first-order valence-electron chi connectivity index (χ1n) is 11.6. The SMILES string of the molecule is CCOC(C)CCNc1nc(CC)c(-c2cc3c(cc2OC)CCCC3)nc1CC. The summed E-state index contributed by atoms with van der Waals surface area (Å²) in [5.41, 5.74) is 6.92. The molecule has 0 saturated carbocycles. The van der Waals surface area contributed by atoms with Crippen molar-refractivity contribution in [2.24, 2.45) is 0 Å². The molecule has 0 spiro atoms. The highest BCUT2D eigenvalue weighted by Gasteiger charge is 2.20. The molecule has 5 nitrogen and oxygen atoms in total. The topological polar surface area (TPSA) is 56.3 Å². The Balaban J connectivity index is 1.94. The Morgan fingerprint density at radius 1 is 1.00 bits per heavy atom. The average molecular weight is 412 g/mol. The smallest absolute Gasteiger partial charge is 0.148 e. The molecule has 0 bridgehead atoms. The summed E-state index contributed by atoms with van der Waals surface area (Å²) in [5, 5.41) is 3.50. The number of nitrogens with one attached hydrogen (secondary N) is 1. The molecule has 0 radical (unpaired) electrons. The summed E-state index contributed by atoms with van der Waals surface area (Å²) >= 11 is 0. The molecule has 0 fully saturated rings. The second-order valence-corrected chi connectivity index (χ2v) is 8.03. The molecule has 1 atom stereocenters. The van der Waals surface area contributed by atoms with Crippen molar-refractivity contribution in [2.45, 2.75) is 78.7 Å². The number of benzene rings is 1. The second kappa shape index (κ2) is 10.8. The van der Waals surface area contributed by atoms with Crippen LogP contribution in [0.3, 0.4) is 0 Å². The van der Waals surface area contributed by atoms with Crippen molar-refractivity contribution in [3.63, 3.8) is 0 Å². The molecular weight excluding hydrogens is 374 g/mol. The minimum Gasteiger partial charge on any atom is -0.496 e. The average Bonchev–Trinajstić information content (AvgIpc) is 2.77. The molecule has 30 heavy (non-hydrogen) atoms. The summed E-state index contributed by atoms with van der Waals surface area (Å²) in [6.45, 7) is 10.0. The first-order chi connectivity index (χ1) is 14.6. The number of methoxy groups -OCH3 is 1. The fourth-order valence-electron chi connectivity index (χ4n) is 4.23. The zero-order chi connectivity index (χ0) is 21.5. The fourth-order valence-corrected chi connectivity index (χ4v) is 4.23. The van der Waals surface area contributed by atoms with Crippen LogP contribution in [-0.4, -0.2) is 36.3 Å². The third kappa shape index (κ3) is 5.12. The van der Waals surface area contributed by atoms with Crippen LogP contribution < -0.4 is 10.1 Å². The molecule has 3 rings (SSSR count). The number of hydrogen-bond acceptors (Lipinski definition) is 5. The fraction of sp³-hybridized carbons (Fsp3) is 0.600. The van der Waals surface area contributed by atoms with Gasteiger partial charge >= 0.3 is 0 Å². The summed E-state index contributed by atoms with van der Waals surface area (Å²) < 4.78 is 11.4. The van der Waals surface area contributed by atoms with Crippen molar-refractivity contribution in [1.29, 1.82) is 0 Å². The van der Waals surface area contributed by atoms with E-state index in [1.165, 1.54) is 24.0 Å². The van der Waals surface area contributed by atoms with Crippen LogP contribution >= 0.6 is 0 Å². The number of aryl methyl sites for hydroxylation is 4. The molecule has 1 aromatic heterocycles. The Morgan fingerprint density at radius 3 is 2.33 bits per heavy atom. The summed E-state index contributed by atoms with van der Waals surface area (Å²) in [5.74, 6) is 1.81. The van der Waals surface area contributed by atoms with E-state index in [9.17, 15) is 0 Å². The summed E-state index contributed by atoms with van der Waals surface area (Å²) in [6.07, 6.45) is 7.65. The third-order valence-corrected chi connectivity index (χ3v) is 5.92. The van der Waals surface area contributed by atoms with E-state index in [4.69, 9.17) is 19.4 Å². The molecule has 0 amide bonds. The minimum absolute atomic E-state index is 0.241. The molecule has 5 heteroatoms. The van der Waals surface area contributed by atoms with Crippen LogP contribution in [0.15, 0.2) is 12.1 Å². The van der Waals surface area contributed by atoms with E-state index in [-0.39, 0.29) is 6.10 Å². The Bertz CT molecular complexity index is 851. The lowest BCUT2D eigenvalue weighted by Gasteiger charge is -2.21. The Morgan fingerprint density at radius 2 is 1.70 bits per heavy atom. The quantitative estimate of drug-likeness (QED) is 0.569. The number of anilines is 1. The number of nitrogens with zero attached hydrogens (tertiary/aromatic N) is 2. The largest absolute Gasteiger partial charge is 0.496 e. The molecule has 1 aliphatic rings. The Kier molecular flexibility index (Phi) is 8.08. The van der Waals surface area contributed by atoms with Crippen molar-refractivity contribution in [3.05, 3.63) is 34.6 Å². The standard InChI is InChI=1S/C25H37N3O2/c1-6-21-24(20-15-18-11-9-10-12-19(18)16-23(20)29-5)27-22(7-2)25(28-21)26-14-13-17(4)30-8-3/h15-17H,6-14H2,1-5H3,(H,26,28). The molecule has 2 aromatic rings. The summed E-state index contributed by atoms with van der Waals surface area (Å²) in [4.78, 5) is 10.1. The van der Waals surface area contributed by atoms with Gasteiger partial charge in [-0.2, -0.15) is 0 Å². The second-order valence-electron chi connectivity index (χ2n) is 8.03. The highest BCUT2D eigenvalue weighted by atomic mass is 16.5. The van der Waals surface area contributed by atoms with Crippen molar-refractivity contribution in [2.75, 3.05) is 25.6 Å². The van der Waals surface area contributed by atoms with Gasteiger partial charge in [0, 0.05) is 18.7 Å². The van der Waals surface area contributed by atoms with Crippen molar-refractivity contribution < 1.29 is 9.47 Å². The molecule has 0 aliphatic heterocycles. The van der Waals surface area contributed by atoms with E-state index in [2.05, 4.69) is 38.2 Å². The van der Waals surface area contributed by atoms with Gasteiger partial charge in [-0.3, -0.25) is 0 Å². The number of rotatable bonds is 10. The van der Waals surface area contributed by atoms with Gasteiger partial charge in [-0.25, -0.2) is 9.97 Å². The molecule has 1 aliphatic carbocycles. The molecule has 1 heterocycles. The van der Waals surface area contributed by atoms with Crippen LogP contribution in [0.4, 0.5) is 5.82 Å². The highest BCUT2D eigenvalue weighted by Crippen LogP contribution is 2.37.